The number of rotatable bonds is 7. The van der Waals surface area contributed by atoms with Gasteiger partial charge in [0.15, 0.2) is 5.78 Å². The van der Waals surface area contributed by atoms with E-state index in [1.807, 2.05) is 35.2 Å². The Kier molecular flexibility index (Phi) is 6.98. The molecule has 2 aliphatic heterocycles. The molecule has 146 valence electrons. The van der Waals surface area contributed by atoms with Crippen LogP contribution in [0.2, 0.25) is 0 Å². The third kappa shape index (κ3) is 5.38. The molecule has 2 heterocycles. The molecule has 1 aromatic rings. The monoisotopic (exact) mass is 372 g/mol. The topological polar surface area (TPSA) is 79.6 Å². The first kappa shape index (κ1) is 19.5. The lowest BCUT2D eigenvalue weighted by molar-refractivity contribution is -0.114. The zero-order chi connectivity index (χ0) is 19.1. The predicted molar refractivity (Wildman–Crippen MR) is 107 cm³/mol. The minimum Gasteiger partial charge on any atom is -0.510 e. The number of anilines is 1. The van der Waals surface area contributed by atoms with Gasteiger partial charge in [-0.1, -0.05) is 18.2 Å². The van der Waals surface area contributed by atoms with Gasteiger partial charge in [-0.15, -0.1) is 0 Å². The molecule has 1 fully saturated rings. The predicted octanol–water partition coefficient (Wildman–Crippen LogP) is 0.569. The van der Waals surface area contributed by atoms with Gasteiger partial charge >= 0.3 is 0 Å². The van der Waals surface area contributed by atoms with Crippen LogP contribution in [0.25, 0.3) is 0 Å². The average Bonchev–Trinajstić information content (AvgIpc) is 2.69. The van der Waals surface area contributed by atoms with Crippen molar-refractivity contribution in [1.82, 2.24) is 9.80 Å². The Morgan fingerprint density at radius 3 is 2.30 bits per heavy atom. The molecule has 0 unspecified atom stereocenters. The Balaban J connectivity index is 1.48. The van der Waals surface area contributed by atoms with E-state index in [0.717, 1.165) is 45.0 Å². The molecule has 3 rings (SSSR count). The number of hydrogen-bond donors (Lipinski definition) is 2. The van der Waals surface area contributed by atoms with Crippen molar-refractivity contribution in [2.45, 2.75) is 0 Å². The van der Waals surface area contributed by atoms with Crippen LogP contribution in [-0.2, 0) is 4.79 Å². The summed E-state index contributed by atoms with van der Waals surface area (Å²) in [4.78, 5) is 23.2. The number of hydrogen-bond acceptors (Lipinski definition) is 7. The fourth-order valence-electron chi connectivity index (χ4n) is 3.44. The molecule has 0 aromatic heterocycles. The highest BCUT2D eigenvalue weighted by molar-refractivity contribution is 6.16. The minimum absolute atomic E-state index is 0.0801. The molecule has 0 radical (unpaired) electrons. The molecule has 1 aromatic carbocycles. The van der Waals surface area contributed by atoms with Gasteiger partial charge in [0, 0.05) is 51.2 Å². The fraction of sp³-hybridized carbons (Fsp3) is 0.500. The molecule has 0 spiro atoms. The van der Waals surface area contributed by atoms with Crippen LogP contribution in [-0.4, -0.2) is 97.5 Å². The van der Waals surface area contributed by atoms with Crippen LogP contribution < -0.4 is 4.90 Å². The standard InChI is InChI=1S/C20H28N4O3/c25-13-12-23-10-8-22(9-11-23)7-6-21-14-18-19(26)15-24(16-20(18)27)17-4-2-1-3-5-17/h1-5,14,25-26H,6-13,15-16H2. The second-order valence-corrected chi connectivity index (χ2v) is 6.92. The average molecular weight is 372 g/mol. The Morgan fingerprint density at radius 2 is 1.67 bits per heavy atom. The van der Waals surface area contributed by atoms with E-state index < -0.39 is 0 Å². The van der Waals surface area contributed by atoms with Gasteiger partial charge in [0.2, 0.25) is 0 Å². The molecule has 2 aliphatic rings. The third-order valence-electron chi connectivity index (χ3n) is 5.05. The van der Waals surface area contributed by atoms with Crippen molar-refractivity contribution in [3.05, 3.63) is 41.7 Å². The quantitative estimate of drug-likeness (QED) is 0.681. The van der Waals surface area contributed by atoms with Crippen molar-refractivity contribution >= 4 is 17.7 Å². The minimum atomic E-state index is -0.107. The number of carbonyl (C=O) groups is 1. The molecule has 7 heteroatoms. The molecule has 0 amide bonds. The van der Waals surface area contributed by atoms with Crippen LogP contribution in [0.1, 0.15) is 0 Å². The summed E-state index contributed by atoms with van der Waals surface area (Å²) in [7, 11) is 0. The summed E-state index contributed by atoms with van der Waals surface area (Å²) in [6.45, 7) is 6.82. The maximum Gasteiger partial charge on any atom is 0.187 e. The van der Waals surface area contributed by atoms with E-state index in [1.54, 1.807) is 0 Å². The molecular weight excluding hydrogens is 344 g/mol. The van der Waals surface area contributed by atoms with E-state index in [0.29, 0.717) is 18.7 Å². The highest BCUT2D eigenvalue weighted by Gasteiger charge is 2.24. The lowest BCUT2D eigenvalue weighted by atomic mass is 10.1. The van der Waals surface area contributed by atoms with Crippen LogP contribution in [0.3, 0.4) is 0 Å². The number of Topliss-reactive ketones (excluding diaryl/α,β-unsaturated/α-hetero) is 1. The highest BCUT2D eigenvalue weighted by atomic mass is 16.3. The van der Waals surface area contributed by atoms with Crippen molar-refractivity contribution in [2.75, 3.05) is 70.4 Å². The number of benzene rings is 1. The summed E-state index contributed by atoms with van der Waals surface area (Å²) < 4.78 is 0. The third-order valence-corrected chi connectivity index (χ3v) is 5.05. The first-order valence-electron chi connectivity index (χ1n) is 9.48. The SMILES string of the molecule is O=C1CN(c2ccccc2)CC(O)=C1C=NCCN1CCN(CCO)CC1. The Hall–Kier alpha value is -2.22. The van der Waals surface area contributed by atoms with Gasteiger partial charge in [0.1, 0.15) is 5.76 Å². The molecule has 1 saturated heterocycles. The zero-order valence-electron chi connectivity index (χ0n) is 15.6. The van der Waals surface area contributed by atoms with E-state index in [9.17, 15) is 9.90 Å². The number of carbonyl (C=O) groups excluding carboxylic acids is 1. The Labute approximate surface area is 160 Å². The van der Waals surface area contributed by atoms with Crippen LogP contribution in [0.15, 0.2) is 46.7 Å². The van der Waals surface area contributed by atoms with Crippen molar-refractivity contribution < 1.29 is 15.0 Å². The van der Waals surface area contributed by atoms with Crippen molar-refractivity contribution in [2.24, 2.45) is 4.99 Å². The number of piperazine rings is 1. The van der Waals surface area contributed by atoms with Gasteiger partial charge in [0.05, 0.1) is 31.8 Å². The van der Waals surface area contributed by atoms with Gasteiger partial charge in [-0.05, 0) is 12.1 Å². The van der Waals surface area contributed by atoms with Gasteiger partial charge < -0.3 is 15.1 Å². The number of aliphatic hydroxyl groups is 2. The van der Waals surface area contributed by atoms with Crippen LogP contribution >= 0.6 is 0 Å². The van der Waals surface area contributed by atoms with Gasteiger partial charge in [-0.25, -0.2) is 0 Å². The normalized spacial score (nSPS) is 20.0. The first-order valence-corrected chi connectivity index (χ1v) is 9.48. The maximum atomic E-state index is 12.4. The molecule has 0 bridgehead atoms. The van der Waals surface area contributed by atoms with E-state index in [-0.39, 0.29) is 24.7 Å². The van der Waals surface area contributed by atoms with E-state index in [4.69, 9.17) is 5.11 Å². The number of nitrogens with zero attached hydrogens (tertiary/aromatic N) is 4. The number of aliphatic hydroxyl groups excluding tert-OH is 2. The number of ketones is 1. The summed E-state index contributed by atoms with van der Waals surface area (Å²) in [6.07, 6.45) is 1.53. The molecular formula is C20H28N4O3. The maximum absolute atomic E-state index is 12.4. The summed E-state index contributed by atoms with van der Waals surface area (Å²) in [5, 5.41) is 19.3. The molecule has 27 heavy (non-hydrogen) atoms. The van der Waals surface area contributed by atoms with E-state index in [2.05, 4.69) is 14.8 Å². The van der Waals surface area contributed by atoms with Gasteiger partial charge in [-0.3, -0.25) is 19.6 Å². The van der Waals surface area contributed by atoms with E-state index in [1.165, 1.54) is 6.21 Å². The lowest BCUT2D eigenvalue weighted by Gasteiger charge is -2.33. The van der Waals surface area contributed by atoms with Crippen molar-refractivity contribution in [1.29, 1.82) is 0 Å². The molecule has 2 N–H and O–H groups in total. The lowest BCUT2D eigenvalue weighted by Crippen LogP contribution is -2.47. The van der Waals surface area contributed by atoms with Gasteiger partial charge in [-0.2, -0.15) is 0 Å². The van der Waals surface area contributed by atoms with Crippen molar-refractivity contribution in [3.63, 3.8) is 0 Å². The Morgan fingerprint density at radius 1 is 1.00 bits per heavy atom. The molecule has 7 nitrogen and oxygen atoms in total. The van der Waals surface area contributed by atoms with Crippen LogP contribution in [0.5, 0.6) is 0 Å². The number of β-amino-alcohol motifs (C(OH)–C–C–N with tert-alkyl or cyclic N) is 1. The van der Waals surface area contributed by atoms with Gasteiger partial charge in [0.25, 0.3) is 0 Å². The number of para-hydroxylation sites is 1. The summed E-state index contributed by atoms with van der Waals surface area (Å²) in [6, 6.07) is 9.62. The fourth-order valence-corrected chi connectivity index (χ4v) is 3.44. The van der Waals surface area contributed by atoms with Crippen LogP contribution in [0, 0.1) is 0 Å². The highest BCUT2D eigenvalue weighted by Crippen LogP contribution is 2.19. The smallest absolute Gasteiger partial charge is 0.187 e. The summed E-state index contributed by atoms with van der Waals surface area (Å²) in [5.74, 6) is -0.0274. The molecule has 0 atom stereocenters. The van der Waals surface area contributed by atoms with E-state index >= 15 is 0 Å². The first-order chi connectivity index (χ1) is 13.2. The second-order valence-electron chi connectivity index (χ2n) is 6.92. The number of aliphatic imine (C=N–C) groups is 1. The zero-order valence-corrected chi connectivity index (χ0v) is 15.6. The molecule has 0 saturated carbocycles. The largest absolute Gasteiger partial charge is 0.510 e. The molecule has 0 aliphatic carbocycles. The van der Waals surface area contributed by atoms with Crippen molar-refractivity contribution in [3.8, 4) is 0 Å². The second kappa shape index (κ2) is 9.64. The summed E-state index contributed by atoms with van der Waals surface area (Å²) in [5.41, 5.74) is 1.25. The Bertz CT molecular complexity index is 682. The van der Waals surface area contributed by atoms with Crippen LogP contribution in [0.4, 0.5) is 5.69 Å². The summed E-state index contributed by atoms with van der Waals surface area (Å²) >= 11 is 0.